The minimum atomic E-state index is -0.786. The second-order valence-electron chi connectivity index (χ2n) is 3.93. The molecule has 0 aliphatic rings. The molecule has 0 spiro atoms. The van der Waals surface area contributed by atoms with E-state index in [9.17, 15) is 13.2 Å². The van der Waals surface area contributed by atoms with Crippen LogP contribution in [0.3, 0.4) is 0 Å². The van der Waals surface area contributed by atoms with Crippen molar-refractivity contribution >= 4 is 15.9 Å². The predicted octanol–water partition coefficient (Wildman–Crippen LogP) is 3.42. The summed E-state index contributed by atoms with van der Waals surface area (Å²) >= 11 is 3.18. The first-order chi connectivity index (χ1) is 9.02. The summed E-state index contributed by atoms with van der Waals surface area (Å²) < 4.78 is 40.4. The van der Waals surface area contributed by atoms with Crippen molar-refractivity contribution in [1.82, 2.24) is 5.43 Å². The molecule has 0 saturated heterocycles. The van der Waals surface area contributed by atoms with Crippen molar-refractivity contribution in [1.29, 1.82) is 0 Å². The monoisotopic (exact) mass is 330 g/mol. The molecule has 0 heterocycles. The molecule has 0 aliphatic heterocycles. The van der Waals surface area contributed by atoms with E-state index in [0.29, 0.717) is 10.0 Å². The Labute approximate surface area is 116 Å². The molecular weight excluding hydrogens is 321 g/mol. The summed E-state index contributed by atoms with van der Waals surface area (Å²) in [6, 6.07) is 6.21. The summed E-state index contributed by atoms with van der Waals surface area (Å²) in [5, 5.41) is 0. The fraction of sp³-hybridized carbons (Fsp3) is 0.0769. The summed E-state index contributed by atoms with van der Waals surface area (Å²) in [7, 11) is 0. The van der Waals surface area contributed by atoms with Crippen LogP contribution in [0.1, 0.15) is 17.2 Å². The maximum atomic E-state index is 13.8. The molecule has 0 radical (unpaired) electrons. The molecular formula is C13H10BrF3N2. The van der Waals surface area contributed by atoms with Crippen LogP contribution in [0.2, 0.25) is 0 Å². The van der Waals surface area contributed by atoms with Gasteiger partial charge in [0.2, 0.25) is 0 Å². The third-order valence-corrected chi connectivity index (χ3v) is 3.40. The molecule has 1 unspecified atom stereocenters. The van der Waals surface area contributed by atoms with Gasteiger partial charge in [-0.15, -0.1) is 0 Å². The van der Waals surface area contributed by atoms with Crippen LogP contribution >= 0.6 is 15.9 Å². The van der Waals surface area contributed by atoms with Crippen LogP contribution in [0.4, 0.5) is 13.2 Å². The van der Waals surface area contributed by atoms with Gasteiger partial charge >= 0.3 is 0 Å². The highest BCUT2D eigenvalue weighted by Crippen LogP contribution is 2.30. The van der Waals surface area contributed by atoms with Crippen LogP contribution in [-0.4, -0.2) is 0 Å². The fourth-order valence-electron chi connectivity index (χ4n) is 1.82. The number of nitrogens with two attached hydrogens (primary N) is 1. The number of rotatable bonds is 3. The van der Waals surface area contributed by atoms with Crippen molar-refractivity contribution in [2.45, 2.75) is 6.04 Å². The first-order valence-corrected chi connectivity index (χ1v) is 6.18. The Bertz CT molecular complexity index is 604. The van der Waals surface area contributed by atoms with E-state index in [-0.39, 0.29) is 5.56 Å². The van der Waals surface area contributed by atoms with Crippen LogP contribution in [0, 0.1) is 17.5 Å². The van der Waals surface area contributed by atoms with Gasteiger partial charge in [0.15, 0.2) is 0 Å². The molecule has 0 aliphatic carbocycles. The first kappa shape index (κ1) is 14.0. The van der Waals surface area contributed by atoms with E-state index in [1.807, 2.05) is 0 Å². The Morgan fingerprint density at radius 1 is 0.947 bits per heavy atom. The maximum Gasteiger partial charge on any atom is 0.128 e. The Balaban J connectivity index is 2.52. The van der Waals surface area contributed by atoms with Crippen molar-refractivity contribution in [3.05, 3.63) is 69.4 Å². The summed E-state index contributed by atoms with van der Waals surface area (Å²) in [6.07, 6.45) is 0. The van der Waals surface area contributed by atoms with Crippen LogP contribution in [0.25, 0.3) is 0 Å². The minimum Gasteiger partial charge on any atom is -0.271 e. The largest absolute Gasteiger partial charge is 0.271 e. The quantitative estimate of drug-likeness (QED) is 0.668. The van der Waals surface area contributed by atoms with Crippen molar-refractivity contribution < 1.29 is 13.2 Å². The highest BCUT2D eigenvalue weighted by molar-refractivity contribution is 9.10. The third-order valence-electron chi connectivity index (χ3n) is 2.71. The molecule has 19 heavy (non-hydrogen) atoms. The van der Waals surface area contributed by atoms with E-state index < -0.39 is 23.5 Å². The number of halogens is 4. The molecule has 0 amide bonds. The molecule has 0 saturated carbocycles. The van der Waals surface area contributed by atoms with Gasteiger partial charge < -0.3 is 0 Å². The van der Waals surface area contributed by atoms with E-state index in [1.54, 1.807) is 0 Å². The summed E-state index contributed by atoms with van der Waals surface area (Å²) in [5.74, 6) is 3.80. The molecule has 0 bridgehead atoms. The third kappa shape index (κ3) is 2.97. The smallest absolute Gasteiger partial charge is 0.128 e. The topological polar surface area (TPSA) is 38.0 Å². The van der Waals surface area contributed by atoms with E-state index in [2.05, 4.69) is 21.4 Å². The van der Waals surface area contributed by atoms with Gasteiger partial charge in [-0.1, -0.05) is 22.0 Å². The van der Waals surface area contributed by atoms with Crippen LogP contribution in [0.5, 0.6) is 0 Å². The zero-order chi connectivity index (χ0) is 14.0. The second kappa shape index (κ2) is 5.73. The average molecular weight is 331 g/mol. The zero-order valence-electron chi connectivity index (χ0n) is 9.63. The molecule has 100 valence electrons. The lowest BCUT2D eigenvalue weighted by Gasteiger charge is -2.19. The lowest BCUT2D eigenvalue weighted by atomic mass is 9.98. The Hall–Kier alpha value is -1.37. The van der Waals surface area contributed by atoms with E-state index in [0.717, 1.165) is 18.2 Å². The van der Waals surface area contributed by atoms with Gasteiger partial charge in [0.25, 0.3) is 0 Å². The highest BCUT2D eigenvalue weighted by Gasteiger charge is 2.20. The van der Waals surface area contributed by atoms with Crippen molar-refractivity contribution in [2.24, 2.45) is 5.84 Å². The van der Waals surface area contributed by atoms with Gasteiger partial charge in [0.05, 0.1) is 6.04 Å². The van der Waals surface area contributed by atoms with Crippen LogP contribution < -0.4 is 11.3 Å². The molecule has 1 atom stereocenters. The van der Waals surface area contributed by atoms with Gasteiger partial charge in [0.1, 0.15) is 17.5 Å². The van der Waals surface area contributed by atoms with Gasteiger partial charge in [0, 0.05) is 10.0 Å². The Kier molecular flexibility index (Phi) is 4.24. The van der Waals surface area contributed by atoms with Crippen molar-refractivity contribution in [3.8, 4) is 0 Å². The van der Waals surface area contributed by atoms with Crippen LogP contribution in [0.15, 0.2) is 40.9 Å². The van der Waals surface area contributed by atoms with Gasteiger partial charge in [-0.2, -0.15) is 0 Å². The number of hydrogen-bond acceptors (Lipinski definition) is 2. The number of hydrogen-bond donors (Lipinski definition) is 2. The van der Waals surface area contributed by atoms with Crippen molar-refractivity contribution in [3.63, 3.8) is 0 Å². The molecule has 6 heteroatoms. The minimum absolute atomic E-state index is 0.0507. The second-order valence-corrected chi connectivity index (χ2v) is 4.79. The van der Waals surface area contributed by atoms with Crippen molar-refractivity contribution in [2.75, 3.05) is 0 Å². The molecule has 2 aromatic rings. The molecule has 3 N–H and O–H groups in total. The predicted molar refractivity (Wildman–Crippen MR) is 69.6 cm³/mol. The van der Waals surface area contributed by atoms with Gasteiger partial charge in [-0.25, -0.2) is 18.6 Å². The standard InChI is InChI=1S/C13H10BrF3N2/c14-11-6-8(16)1-3-9(11)13(19-18)10-5-7(15)2-4-12(10)17/h1-6,13,19H,18H2. The maximum absolute atomic E-state index is 13.8. The molecule has 0 aromatic heterocycles. The summed E-state index contributed by atoms with van der Waals surface area (Å²) in [4.78, 5) is 0. The molecule has 2 rings (SSSR count). The lowest BCUT2D eigenvalue weighted by molar-refractivity contribution is 0.543. The lowest BCUT2D eigenvalue weighted by Crippen LogP contribution is -2.30. The average Bonchev–Trinajstić information content (AvgIpc) is 2.36. The van der Waals surface area contributed by atoms with E-state index in [4.69, 9.17) is 5.84 Å². The number of benzene rings is 2. The Morgan fingerprint density at radius 2 is 1.58 bits per heavy atom. The highest BCUT2D eigenvalue weighted by atomic mass is 79.9. The van der Waals surface area contributed by atoms with Gasteiger partial charge in [-0.05, 0) is 35.9 Å². The van der Waals surface area contributed by atoms with Crippen LogP contribution in [-0.2, 0) is 0 Å². The normalized spacial score (nSPS) is 12.5. The summed E-state index contributed by atoms with van der Waals surface area (Å²) in [6.45, 7) is 0. The first-order valence-electron chi connectivity index (χ1n) is 5.39. The van der Waals surface area contributed by atoms with Gasteiger partial charge in [-0.3, -0.25) is 5.84 Å². The number of nitrogens with one attached hydrogen (secondary N) is 1. The van der Waals surface area contributed by atoms with E-state index in [1.165, 1.54) is 18.2 Å². The zero-order valence-corrected chi connectivity index (χ0v) is 11.2. The fourth-order valence-corrected chi connectivity index (χ4v) is 2.40. The number of hydrazine groups is 1. The molecule has 2 aromatic carbocycles. The SMILES string of the molecule is NNC(c1cc(F)ccc1F)c1ccc(F)cc1Br. The summed E-state index contributed by atoms with van der Waals surface area (Å²) in [5.41, 5.74) is 2.96. The Morgan fingerprint density at radius 3 is 2.21 bits per heavy atom. The molecule has 2 nitrogen and oxygen atoms in total. The molecule has 0 fully saturated rings. The van der Waals surface area contributed by atoms with E-state index >= 15 is 0 Å².